The predicted molar refractivity (Wildman–Crippen MR) is 76.1 cm³/mol. The van der Waals surface area contributed by atoms with E-state index in [2.05, 4.69) is 15.5 Å². The maximum absolute atomic E-state index is 12.1. The molecule has 2 atom stereocenters. The number of nitrogens with one attached hydrogen (secondary N) is 2. The van der Waals surface area contributed by atoms with E-state index in [0.29, 0.717) is 6.54 Å². The van der Waals surface area contributed by atoms with Crippen molar-refractivity contribution in [3.8, 4) is 0 Å². The van der Waals surface area contributed by atoms with E-state index in [1.165, 1.54) is 0 Å². The summed E-state index contributed by atoms with van der Waals surface area (Å²) in [5.74, 6) is 1.58. The van der Waals surface area contributed by atoms with Gasteiger partial charge in [0.05, 0.1) is 6.54 Å². The lowest BCUT2D eigenvalue weighted by Gasteiger charge is -2.17. The molecular weight excluding hydrogens is 238 g/mol. The number of benzene rings is 1. The number of hydrogen-bond acceptors (Lipinski definition) is 3. The van der Waals surface area contributed by atoms with Crippen molar-refractivity contribution in [1.29, 1.82) is 0 Å². The third kappa shape index (κ3) is 2.80. The maximum atomic E-state index is 12.1. The smallest absolute Gasteiger partial charge is 0.238 e. The molecule has 0 radical (unpaired) electrons. The van der Waals surface area contributed by atoms with E-state index in [9.17, 15) is 4.79 Å². The van der Waals surface area contributed by atoms with Crippen molar-refractivity contribution in [2.24, 2.45) is 11.8 Å². The number of amides is 1. The highest BCUT2D eigenvalue weighted by Gasteiger charge is 2.36. The Bertz CT molecular complexity index is 462. The van der Waals surface area contributed by atoms with Gasteiger partial charge >= 0.3 is 0 Å². The monoisotopic (exact) mass is 259 g/mol. The number of rotatable bonds is 3. The Balaban J connectivity index is 1.53. The fraction of sp³-hybridized carbons (Fsp3) is 0.533. The molecule has 2 aliphatic heterocycles. The Morgan fingerprint density at radius 3 is 2.68 bits per heavy atom. The molecule has 2 saturated heterocycles. The molecule has 4 nitrogen and oxygen atoms in total. The molecule has 4 heteroatoms. The molecule has 1 amide bonds. The molecule has 0 spiro atoms. The first-order valence-electron chi connectivity index (χ1n) is 7.01. The van der Waals surface area contributed by atoms with E-state index < -0.39 is 0 Å². The van der Waals surface area contributed by atoms with Crippen LogP contribution in [0.1, 0.15) is 5.56 Å². The Labute approximate surface area is 114 Å². The van der Waals surface area contributed by atoms with Crippen LogP contribution in [0.3, 0.4) is 0 Å². The Morgan fingerprint density at radius 1 is 1.32 bits per heavy atom. The summed E-state index contributed by atoms with van der Waals surface area (Å²) in [6, 6.07) is 7.91. The van der Waals surface area contributed by atoms with Crippen LogP contribution in [-0.2, 0) is 4.79 Å². The minimum Gasteiger partial charge on any atom is -0.325 e. The molecule has 3 rings (SSSR count). The number of nitrogens with zero attached hydrogens (tertiary/aromatic N) is 1. The Kier molecular flexibility index (Phi) is 3.53. The predicted octanol–water partition coefficient (Wildman–Crippen LogP) is 1.08. The standard InChI is InChI=1S/C15H21N3O/c1-11-4-2-3-5-14(11)17-15(19)10-18-8-12-6-16-7-13(12)9-18/h2-5,12-13,16H,6-10H2,1H3,(H,17,19). The molecule has 1 aromatic carbocycles. The number of carbonyl (C=O) groups is 1. The van der Waals surface area contributed by atoms with E-state index in [0.717, 1.165) is 49.3 Å². The lowest BCUT2D eigenvalue weighted by Crippen LogP contribution is -2.33. The van der Waals surface area contributed by atoms with Gasteiger partial charge in [-0.3, -0.25) is 9.69 Å². The minimum absolute atomic E-state index is 0.0993. The zero-order valence-corrected chi connectivity index (χ0v) is 11.4. The van der Waals surface area contributed by atoms with Gasteiger partial charge < -0.3 is 10.6 Å². The first kappa shape index (κ1) is 12.6. The van der Waals surface area contributed by atoms with Crippen LogP contribution in [0.2, 0.25) is 0 Å². The van der Waals surface area contributed by atoms with Gasteiger partial charge in [-0.2, -0.15) is 0 Å². The summed E-state index contributed by atoms with van der Waals surface area (Å²) in [4.78, 5) is 14.4. The van der Waals surface area contributed by atoms with Crippen LogP contribution in [-0.4, -0.2) is 43.5 Å². The maximum Gasteiger partial charge on any atom is 0.238 e. The van der Waals surface area contributed by atoms with Crippen molar-refractivity contribution in [3.05, 3.63) is 29.8 Å². The first-order chi connectivity index (χ1) is 9.22. The number of aryl methyl sites for hydroxylation is 1. The molecular formula is C15H21N3O. The van der Waals surface area contributed by atoms with Gasteiger partial charge in [0, 0.05) is 18.8 Å². The number of para-hydroxylation sites is 1. The number of likely N-dealkylation sites (tertiary alicyclic amines) is 1. The van der Waals surface area contributed by atoms with Crippen molar-refractivity contribution in [3.63, 3.8) is 0 Å². The summed E-state index contributed by atoms with van der Waals surface area (Å²) in [5, 5.41) is 6.42. The molecule has 2 N–H and O–H groups in total. The normalized spacial score (nSPS) is 26.4. The molecule has 1 aromatic rings. The molecule has 2 fully saturated rings. The molecule has 0 aliphatic carbocycles. The van der Waals surface area contributed by atoms with Gasteiger partial charge in [0.25, 0.3) is 0 Å². The fourth-order valence-electron chi connectivity index (χ4n) is 3.19. The average Bonchev–Trinajstić information content (AvgIpc) is 2.92. The van der Waals surface area contributed by atoms with Gasteiger partial charge in [-0.25, -0.2) is 0 Å². The highest BCUT2D eigenvalue weighted by Crippen LogP contribution is 2.25. The molecule has 19 heavy (non-hydrogen) atoms. The first-order valence-corrected chi connectivity index (χ1v) is 7.01. The van der Waals surface area contributed by atoms with E-state index in [4.69, 9.17) is 0 Å². The summed E-state index contributed by atoms with van der Waals surface area (Å²) in [6.45, 7) is 6.86. The summed E-state index contributed by atoms with van der Waals surface area (Å²) < 4.78 is 0. The zero-order valence-electron chi connectivity index (χ0n) is 11.4. The van der Waals surface area contributed by atoms with Crippen LogP contribution in [0.15, 0.2) is 24.3 Å². The summed E-state index contributed by atoms with van der Waals surface area (Å²) in [6.07, 6.45) is 0. The van der Waals surface area contributed by atoms with Crippen LogP contribution >= 0.6 is 0 Å². The van der Waals surface area contributed by atoms with Crippen molar-refractivity contribution in [2.45, 2.75) is 6.92 Å². The largest absolute Gasteiger partial charge is 0.325 e. The van der Waals surface area contributed by atoms with Gasteiger partial charge in [-0.1, -0.05) is 18.2 Å². The van der Waals surface area contributed by atoms with Gasteiger partial charge in [-0.05, 0) is 43.5 Å². The van der Waals surface area contributed by atoms with E-state index in [1.807, 2.05) is 31.2 Å². The second-order valence-corrected chi connectivity index (χ2v) is 5.74. The lowest BCUT2D eigenvalue weighted by atomic mass is 10.0. The van der Waals surface area contributed by atoms with Gasteiger partial charge in [0.2, 0.25) is 5.91 Å². The van der Waals surface area contributed by atoms with Crippen LogP contribution in [0.4, 0.5) is 5.69 Å². The molecule has 2 heterocycles. The van der Waals surface area contributed by atoms with Gasteiger partial charge in [-0.15, -0.1) is 0 Å². The van der Waals surface area contributed by atoms with E-state index in [1.54, 1.807) is 0 Å². The minimum atomic E-state index is 0.0993. The zero-order chi connectivity index (χ0) is 13.2. The Hall–Kier alpha value is -1.39. The number of carbonyl (C=O) groups excluding carboxylic acids is 1. The lowest BCUT2D eigenvalue weighted by molar-refractivity contribution is -0.117. The van der Waals surface area contributed by atoms with Crippen LogP contribution in [0.25, 0.3) is 0 Å². The highest BCUT2D eigenvalue weighted by atomic mass is 16.2. The molecule has 0 saturated carbocycles. The van der Waals surface area contributed by atoms with E-state index in [-0.39, 0.29) is 5.91 Å². The third-order valence-corrected chi connectivity index (χ3v) is 4.25. The number of hydrogen-bond donors (Lipinski definition) is 2. The molecule has 102 valence electrons. The molecule has 2 unspecified atom stereocenters. The van der Waals surface area contributed by atoms with Crippen LogP contribution < -0.4 is 10.6 Å². The topological polar surface area (TPSA) is 44.4 Å². The molecule has 0 bridgehead atoms. The second kappa shape index (κ2) is 5.31. The summed E-state index contributed by atoms with van der Waals surface area (Å²) in [7, 11) is 0. The summed E-state index contributed by atoms with van der Waals surface area (Å²) >= 11 is 0. The number of anilines is 1. The fourth-order valence-corrected chi connectivity index (χ4v) is 3.19. The number of fused-ring (bicyclic) bond motifs is 1. The second-order valence-electron chi connectivity index (χ2n) is 5.74. The molecule has 2 aliphatic rings. The third-order valence-electron chi connectivity index (χ3n) is 4.25. The van der Waals surface area contributed by atoms with Gasteiger partial charge in [0.15, 0.2) is 0 Å². The van der Waals surface area contributed by atoms with Crippen molar-refractivity contribution in [2.75, 3.05) is 38.0 Å². The Morgan fingerprint density at radius 2 is 2.00 bits per heavy atom. The summed E-state index contributed by atoms with van der Waals surface area (Å²) in [5.41, 5.74) is 2.03. The van der Waals surface area contributed by atoms with E-state index >= 15 is 0 Å². The van der Waals surface area contributed by atoms with Crippen LogP contribution in [0, 0.1) is 18.8 Å². The van der Waals surface area contributed by atoms with Crippen molar-refractivity contribution < 1.29 is 4.79 Å². The average molecular weight is 259 g/mol. The van der Waals surface area contributed by atoms with Crippen molar-refractivity contribution >= 4 is 11.6 Å². The van der Waals surface area contributed by atoms with Crippen LogP contribution in [0.5, 0.6) is 0 Å². The quantitative estimate of drug-likeness (QED) is 0.854. The van der Waals surface area contributed by atoms with Crippen molar-refractivity contribution in [1.82, 2.24) is 10.2 Å². The van der Waals surface area contributed by atoms with Gasteiger partial charge in [0.1, 0.15) is 0 Å². The SMILES string of the molecule is Cc1ccccc1NC(=O)CN1CC2CNCC2C1. The highest BCUT2D eigenvalue weighted by molar-refractivity contribution is 5.92. The molecule has 0 aromatic heterocycles.